The fraction of sp³-hybridized carbons (Fsp3) is 0.462. The molecule has 23 heavy (non-hydrogen) atoms. The van der Waals surface area contributed by atoms with Gasteiger partial charge in [-0.15, -0.1) is 13.2 Å². The quantitative estimate of drug-likeness (QED) is 0.837. The van der Waals surface area contributed by atoms with Crippen molar-refractivity contribution in [3.63, 3.8) is 0 Å². The molecule has 4 nitrogen and oxygen atoms in total. The maximum absolute atomic E-state index is 13.1. The van der Waals surface area contributed by atoms with E-state index in [4.69, 9.17) is 9.84 Å². The van der Waals surface area contributed by atoms with E-state index in [0.29, 0.717) is 0 Å². The van der Waals surface area contributed by atoms with Gasteiger partial charge in [-0.3, -0.25) is 4.79 Å². The van der Waals surface area contributed by atoms with Gasteiger partial charge in [0.05, 0.1) is 0 Å². The predicted octanol–water partition coefficient (Wildman–Crippen LogP) is 3.47. The Bertz CT molecular complexity index is 667. The minimum atomic E-state index is -4.97. The van der Waals surface area contributed by atoms with Gasteiger partial charge in [0.1, 0.15) is 16.9 Å². The predicted molar refractivity (Wildman–Crippen MR) is 61.0 cm³/mol. The zero-order valence-electron chi connectivity index (χ0n) is 11.0. The van der Waals surface area contributed by atoms with Crippen molar-refractivity contribution in [2.75, 3.05) is 0 Å². The number of alkyl halides is 6. The highest BCUT2D eigenvalue weighted by Gasteiger charge is 2.75. The summed E-state index contributed by atoms with van der Waals surface area (Å²) in [7, 11) is 0. The van der Waals surface area contributed by atoms with E-state index in [1.165, 1.54) is 0 Å². The number of ether oxygens (including phenoxy) is 2. The Morgan fingerprint density at radius 3 is 2.43 bits per heavy atom. The third kappa shape index (κ3) is 2.45. The molecule has 0 saturated heterocycles. The Morgan fingerprint density at radius 2 is 1.91 bits per heavy atom. The summed E-state index contributed by atoms with van der Waals surface area (Å²) in [5, 5.41) is 9.16. The Hall–Kier alpha value is -2.13. The number of carbonyl (C=O) groups is 1. The van der Waals surface area contributed by atoms with Gasteiger partial charge in [-0.1, -0.05) is 0 Å². The Balaban J connectivity index is 2.01. The lowest BCUT2D eigenvalue weighted by atomic mass is 9.89. The van der Waals surface area contributed by atoms with Gasteiger partial charge in [-0.25, -0.2) is 0 Å². The van der Waals surface area contributed by atoms with Crippen LogP contribution in [0.4, 0.5) is 26.3 Å². The van der Waals surface area contributed by atoms with Gasteiger partial charge in [0.25, 0.3) is 0 Å². The summed E-state index contributed by atoms with van der Waals surface area (Å²) in [5.41, 5.74) is -2.24. The first-order chi connectivity index (χ1) is 10.4. The van der Waals surface area contributed by atoms with Crippen molar-refractivity contribution in [1.82, 2.24) is 0 Å². The number of hydrogen-bond donors (Lipinski definition) is 1. The van der Waals surface area contributed by atoms with Crippen LogP contribution in [0.1, 0.15) is 17.9 Å². The van der Waals surface area contributed by atoms with E-state index in [0.717, 1.165) is 18.2 Å². The van der Waals surface area contributed by atoms with Crippen LogP contribution in [0.15, 0.2) is 18.2 Å². The molecule has 1 fully saturated rings. The molecule has 0 amide bonds. The summed E-state index contributed by atoms with van der Waals surface area (Å²) >= 11 is 0. The summed E-state index contributed by atoms with van der Waals surface area (Å²) in [6.07, 6.45) is -12.8. The van der Waals surface area contributed by atoms with E-state index in [9.17, 15) is 31.1 Å². The molecular weight excluding hydrogens is 334 g/mol. The van der Waals surface area contributed by atoms with Crippen LogP contribution in [0.3, 0.4) is 0 Å². The van der Waals surface area contributed by atoms with Crippen molar-refractivity contribution in [3.05, 3.63) is 23.8 Å². The van der Waals surface area contributed by atoms with Crippen LogP contribution < -0.4 is 9.47 Å². The summed E-state index contributed by atoms with van der Waals surface area (Å²) in [4.78, 5) is 11.3. The van der Waals surface area contributed by atoms with E-state index in [-0.39, 0.29) is 17.7 Å². The van der Waals surface area contributed by atoms with E-state index in [1.54, 1.807) is 0 Å². The molecule has 0 spiro atoms. The number of carboxylic acid groups (broad SMARTS) is 1. The Kier molecular flexibility index (Phi) is 3.05. The van der Waals surface area contributed by atoms with Gasteiger partial charge >= 0.3 is 18.5 Å². The number of halogens is 6. The standard InChI is InChI=1S/C13H8F6O4/c14-12(15,16)9-11(10(20)21)4-7(11)6-3-5(23-13(17,18)19)1-2-8(6)22-9/h1-3,7,9H,4H2,(H,20,21)/t7?,9-,11?/m1/s1. The molecule has 10 heteroatoms. The third-order valence-corrected chi connectivity index (χ3v) is 4.00. The molecule has 3 rings (SSSR count). The number of rotatable bonds is 2. The molecule has 1 aromatic rings. The fourth-order valence-corrected chi connectivity index (χ4v) is 3.00. The highest BCUT2D eigenvalue weighted by atomic mass is 19.4. The van der Waals surface area contributed by atoms with E-state index < -0.39 is 41.7 Å². The molecule has 2 aliphatic rings. The molecule has 1 heterocycles. The maximum atomic E-state index is 13.1. The van der Waals surface area contributed by atoms with E-state index in [2.05, 4.69) is 4.74 Å². The summed E-state index contributed by atoms with van der Waals surface area (Å²) in [6.45, 7) is 0. The minimum absolute atomic E-state index is 0.0327. The molecule has 0 radical (unpaired) electrons. The van der Waals surface area contributed by atoms with Crippen LogP contribution in [0.25, 0.3) is 0 Å². The molecular formula is C13H8F6O4. The van der Waals surface area contributed by atoms with Crippen LogP contribution in [0.5, 0.6) is 11.5 Å². The molecule has 3 atom stereocenters. The second kappa shape index (κ2) is 4.45. The second-order valence-corrected chi connectivity index (χ2v) is 5.39. The SMILES string of the molecule is O=C(O)C12CC1c1cc(OC(F)(F)F)ccc1O[C@H]2C(F)(F)F. The first kappa shape index (κ1) is 15.8. The largest absolute Gasteiger partial charge is 0.573 e. The Labute approximate surface area is 124 Å². The third-order valence-electron chi connectivity index (χ3n) is 4.00. The second-order valence-electron chi connectivity index (χ2n) is 5.39. The molecule has 1 aliphatic carbocycles. The number of aliphatic carboxylic acids is 1. The van der Waals surface area contributed by atoms with Gasteiger partial charge in [-0.05, 0) is 24.6 Å². The average molecular weight is 342 g/mol. The molecule has 126 valence electrons. The van der Waals surface area contributed by atoms with Gasteiger partial charge in [-0.2, -0.15) is 13.2 Å². The van der Waals surface area contributed by atoms with Gasteiger partial charge in [0, 0.05) is 11.5 Å². The summed E-state index contributed by atoms with van der Waals surface area (Å²) in [5.74, 6) is -3.71. The maximum Gasteiger partial charge on any atom is 0.573 e. The molecule has 1 aromatic carbocycles. The van der Waals surface area contributed by atoms with Crippen molar-refractivity contribution in [3.8, 4) is 11.5 Å². The number of hydrogen-bond acceptors (Lipinski definition) is 3. The lowest BCUT2D eigenvalue weighted by Crippen LogP contribution is -2.48. The molecule has 1 saturated carbocycles. The van der Waals surface area contributed by atoms with E-state index in [1.807, 2.05) is 0 Å². The normalized spacial score (nSPS) is 29.1. The Morgan fingerprint density at radius 1 is 1.26 bits per heavy atom. The lowest BCUT2D eigenvalue weighted by Gasteiger charge is -2.32. The summed E-state index contributed by atoms with van der Waals surface area (Å²) in [6, 6.07) is 2.60. The smallest absolute Gasteiger partial charge is 0.481 e. The topological polar surface area (TPSA) is 55.8 Å². The van der Waals surface area contributed by atoms with Gasteiger partial charge < -0.3 is 14.6 Å². The molecule has 1 N–H and O–H groups in total. The monoisotopic (exact) mass is 342 g/mol. The van der Waals surface area contributed by atoms with Crippen LogP contribution in [-0.4, -0.2) is 29.7 Å². The first-order valence-electron chi connectivity index (χ1n) is 6.31. The minimum Gasteiger partial charge on any atom is -0.481 e. The van der Waals surface area contributed by atoms with Crippen LogP contribution in [-0.2, 0) is 4.79 Å². The van der Waals surface area contributed by atoms with Crippen molar-refractivity contribution >= 4 is 5.97 Å². The van der Waals surface area contributed by atoms with Crippen LogP contribution in [0.2, 0.25) is 0 Å². The zero-order chi connectivity index (χ0) is 17.2. The fourth-order valence-electron chi connectivity index (χ4n) is 3.00. The van der Waals surface area contributed by atoms with Crippen molar-refractivity contribution in [2.24, 2.45) is 5.41 Å². The van der Waals surface area contributed by atoms with E-state index >= 15 is 0 Å². The number of fused-ring (bicyclic) bond motifs is 3. The van der Waals surface area contributed by atoms with Crippen molar-refractivity contribution in [1.29, 1.82) is 0 Å². The lowest BCUT2D eigenvalue weighted by molar-refractivity contribution is -0.274. The van der Waals surface area contributed by atoms with Crippen LogP contribution in [0, 0.1) is 5.41 Å². The highest BCUT2D eigenvalue weighted by molar-refractivity contribution is 5.83. The average Bonchev–Trinajstić information content (AvgIpc) is 3.11. The molecule has 0 bridgehead atoms. The van der Waals surface area contributed by atoms with Crippen molar-refractivity contribution < 1.29 is 45.7 Å². The number of benzene rings is 1. The molecule has 2 unspecified atom stereocenters. The van der Waals surface area contributed by atoms with Crippen LogP contribution >= 0.6 is 0 Å². The van der Waals surface area contributed by atoms with Gasteiger partial charge in [0.2, 0.25) is 6.10 Å². The molecule has 0 aromatic heterocycles. The van der Waals surface area contributed by atoms with Crippen molar-refractivity contribution in [2.45, 2.75) is 31.0 Å². The first-order valence-corrected chi connectivity index (χ1v) is 6.31. The van der Waals surface area contributed by atoms with Gasteiger partial charge in [0.15, 0.2) is 0 Å². The molecule has 1 aliphatic heterocycles. The number of carboxylic acids is 1. The highest BCUT2D eigenvalue weighted by Crippen LogP contribution is 2.69. The summed E-state index contributed by atoms with van der Waals surface area (Å²) < 4.78 is 84.2. The zero-order valence-corrected chi connectivity index (χ0v) is 11.0.